The average Bonchev–Trinajstić information content (AvgIpc) is 3.04. The van der Waals surface area contributed by atoms with Gasteiger partial charge in [0, 0.05) is 31.9 Å². The second kappa shape index (κ2) is 6.23. The van der Waals surface area contributed by atoms with E-state index in [0.29, 0.717) is 30.2 Å². The first-order valence-corrected chi connectivity index (χ1v) is 6.72. The second-order valence-electron chi connectivity index (χ2n) is 4.56. The molecule has 0 saturated carbocycles. The second-order valence-corrected chi connectivity index (χ2v) is 4.56. The minimum Gasteiger partial charge on any atom is -0.395 e. The van der Waals surface area contributed by atoms with Gasteiger partial charge in [0.25, 0.3) is 5.91 Å². The van der Waals surface area contributed by atoms with Crippen LogP contribution in [0, 0.1) is 6.92 Å². The smallest absolute Gasteiger partial charge is 0.271 e. The molecule has 7 nitrogen and oxygen atoms in total. The van der Waals surface area contributed by atoms with Crippen LogP contribution >= 0.6 is 0 Å². The number of imidazole rings is 1. The number of aromatic nitrogens is 4. The van der Waals surface area contributed by atoms with Gasteiger partial charge in [0.15, 0.2) is 0 Å². The molecule has 0 saturated heterocycles. The molecule has 7 heteroatoms. The Balaban J connectivity index is 1.88. The summed E-state index contributed by atoms with van der Waals surface area (Å²) < 4.78 is 1.63. The van der Waals surface area contributed by atoms with Crippen molar-refractivity contribution in [1.82, 2.24) is 25.1 Å². The molecule has 0 spiro atoms. The van der Waals surface area contributed by atoms with Crippen LogP contribution in [-0.2, 0) is 13.0 Å². The van der Waals surface area contributed by atoms with Crippen molar-refractivity contribution in [3.05, 3.63) is 29.6 Å². The molecule has 2 aromatic heterocycles. The van der Waals surface area contributed by atoms with Crippen molar-refractivity contribution in [1.29, 1.82) is 0 Å². The summed E-state index contributed by atoms with van der Waals surface area (Å²) >= 11 is 0. The molecule has 108 valence electrons. The van der Waals surface area contributed by atoms with Crippen LogP contribution < -0.4 is 11.1 Å². The van der Waals surface area contributed by atoms with Crippen LogP contribution in [0.5, 0.6) is 0 Å². The molecule has 0 aliphatic carbocycles. The molecule has 0 unspecified atom stereocenters. The Labute approximate surface area is 117 Å². The van der Waals surface area contributed by atoms with E-state index in [1.165, 1.54) is 0 Å². The van der Waals surface area contributed by atoms with E-state index >= 15 is 0 Å². The standard InChI is InChI=1S/C13H20N6O/c1-3-19-12(11(14)9(2)18-19)13(20)17-6-4-5-10-15-7-8-16-10/h7-8H,3-6,14H2,1-2H3,(H,15,16)(H,17,20). The largest absolute Gasteiger partial charge is 0.395 e. The van der Waals surface area contributed by atoms with Crippen molar-refractivity contribution < 1.29 is 4.79 Å². The average molecular weight is 276 g/mol. The number of anilines is 1. The zero-order valence-electron chi connectivity index (χ0n) is 11.8. The van der Waals surface area contributed by atoms with Crippen LogP contribution in [-0.4, -0.2) is 32.2 Å². The van der Waals surface area contributed by atoms with E-state index in [1.54, 1.807) is 24.0 Å². The SMILES string of the molecule is CCn1nc(C)c(N)c1C(=O)NCCCc1ncc[nH]1. The van der Waals surface area contributed by atoms with E-state index in [0.717, 1.165) is 18.7 Å². The molecular weight excluding hydrogens is 256 g/mol. The van der Waals surface area contributed by atoms with Gasteiger partial charge in [0.1, 0.15) is 11.5 Å². The third-order valence-corrected chi connectivity index (χ3v) is 3.12. The van der Waals surface area contributed by atoms with Crippen LogP contribution in [0.1, 0.15) is 35.4 Å². The zero-order chi connectivity index (χ0) is 14.5. The van der Waals surface area contributed by atoms with Gasteiger partial charge < -0.3 is 16.0 Å². The van der Waals surface area contributed by atoms with E-state index < -0.39 is 0 Å². The first-order chi connectivity index (χ1) is 9.63. The molecule has 0 radical (unpaired) electrons. The summed E-state index contributed by atoms with van der Waals surface area (Å²) in [5.41, 5.74) is 7.49. The lowest BCUT2D eigenvalue weighted by atomic mass is 10.2. The lowest BCUT2D eigenvalue weighted by Crippen LogP contribution is -2.28. The molecule has 0 atom stereocenters. The van der Waals surface area contributed by atoms with Crippen molar-refractivity contribution in [2.24, 2.45) is 0 Å². The first-order valence-electron chi connectivity index (χ1n) is 6.72. The van der Waals surface area contributed by atoms with Crippen molar-refractivity contribution in [3.8, 4) is 0 Å². The Kier molecular flexibility index (Phi) is 4.39. The first kappa shape index (κ1) is 14.1. The quantitative estimate of drug-likeness (QED) is 0.681. The minimum absolute atomic E-state index is 0.176. The maximum absolute atomic E-state index is 12.1. The van der Waals surface area contributed by atoms with Crippen LogP contribution in [0.25, 0.3) is 0 Å². The summed E-state index contributed by atoms with van der Waals surface area (Å²) in [4.78, 5) is 19.3. The normalized spacial score (nSPS) is 10.7. The summed E-state index contributed by atoms with van der Waals surface area (Å²) in [6, 6.07) is 0. The molecule has 2 heterocycles. The summed E-state index contributed by atoms with van der Waals surface area (Å²) in [6.45, 7) is 4.93. The number of carbonyl (C=O) groups is 1. The fourth-order valence-electron chi connectivity index (χ4n) is 2.04. The van der Waals surface area contributed by atoms with E-state index in [9.17, 15) is 4.79 Å². The van der Waals surface area contributed by atoms with Crippen molar-refractivity contribution >= 4 is 11.6 Å². The third kappa shape index (κ3) is 2.98. The number of H-pyrrole nitrogens is 1. The number of nitrogens with two attached hydrogens (primary N) is 1. The topological polar surface area (TPSA) is 102 Å². The van der Waals surface area contributed by atoms with E-state index in [2.05, 4.69) is 20.4 Å². The minimum atomic E-state index is -0.176. The van der Waals surface area contributed by atoms with Gasteiger partial charge in [-0.1, -0.05) is 0 Å². The monoisotopic (exact) mass is 276 g/mol. The number of nitrogen functional groups attached to an aromatic ring is 1. The highest BCUT2D eigenvalue weighted by Gasteiger charge is 2.18. The number of hydrogen-bond donors (Lipinski definition) is 3. The fraction of sp³-hybridized carbons (Fsp3) is 0.462. The molecule has 20 heavy (non-hydrogen) atoms. The van der Waals surface area contributed by atoms with Crippen LogP contribution in [0.4, 0.5) is 5.69 Å². The number of nitrogens with zero attached hydrogens (tertiary/aromatic N) is 3. The number of aryl methyl sites for hydroxylation is 3. The predicted molar refractivity (Wildman–Crippen MR) is 76.3 cm³/mol. The summed E-state index contributed by atoms with van der Waals surface area (Å²) in [6.07, 6.45) is 5.13. The molecule has 0 aliphatic rings. The van der Waals surface area contributed by atoms with E-state index in [4.69, 9.17) is 5.73 Å². The lowest BCUT2D eigenvalue weighted by Gasteiger charge is -2.07. The highest BCUT2D eigenvalue weighted by molar-refractivity contribution is 5.97. The van der Waals surface area contributed by atoms with Crippen molar-refractivity contribution in [2.45, 2.75) is 33.2 Å². The van der Waals surface area contributed by atoms with Crippen LogP contribution in [0.15, 0.2) is 12.4 Å². The van der Waals surface area contributed by atoms with Gasteiger partial charge in [-0.2, -0.15) is 5.10 Å². The molecule has 2 aromatic rings. The van der Waals surface area contributed by atoms with Crippen molar-refractivity contribution in [3.63, 3.8) is 0 Å². The Morgan fingerprint density at radius 2 is 2.35 bits per heavy atom. The lowest BCUT2D eigenvalue weighted by molar-refractivity contribution is 0.0943. The highest BCUT2D eigenvalue weighted by atomic mass is 16.2. The third-order valence-electron chi connectivity index (χ3n) is 3.12. The maximum Gasteiger partial charge on any atom is 0.271 e. The maximum atomic E-state index is 12.1. The van der Waals surface area contributed by atoms with Crippen LogP contribution in [0.2, 0.25) is 0 Å². The van der Waals surface area contributed by atoms with E-state index in [-0.39, 0.29) is 5.91 Å². The van der Waals surface area contributed by atoms with Crippen molar-refractivity contribution in [2.75, 3.05) is 12.3 Å². The number of amides is 1. The molecule has 0 bridgehead atoms. The number of rotatable bonds is 6. The van der Waals surface area contributed by atoms with Gasteiger partial charge in [-0.05, 0) is 20.3 Å². The number of nitrogens with one attached hydrogen (secondary N) is 2. The van der Waals surface area contributed by atoms with Gasteiger partial charge in [-0.25, -0.2) is 4.98 Å². The molecular formula is C13H20N6O. The van der Waals surface area contributed by atoms with Gasteiger partial charge in [-0.15, -0.1) is 0 Å². The summed E-state index contributed by atoms with van der Waals surface area (Å²) in [5.74, 6) is 0.748. The number of aromatic amines is 1. The molecule has 0 aliphatic heterocycles. The fourth-order valence-corrected chi connectivity index (χ4v) is 2.04. The van der Waals surface area contributed by atoms with Gasteiger partial charge >= 0.3 is 0 Å². The molecule has 0 fully saturated rings. The predicted octanol–water partition coefficient (Wildman–Crippen LogP) is 0.879. The summed E-state index contributed by atoms with van der Waals surface area (Å²) in [5, 5.41) is 7.10. The number of carbonyl (C=O) groups excluding carboxylic acids is 1. The van der Waals surface area contributed by atoms with E-state index in [1.807, 2.05) is 6.92 Å². The Bertz CT molecular complexity index is 572. The zero-order valence-corrected chi connectivity index (χ0v) is 11.8. The molecule has 1 amide bonds. The molecule has 0 aromatic carbocycles. The molecule has 2 rings (SSSR count). The summed E-state index contributed by atoms with van der Waals surface area (Å²) in [7, 11) is 0. The number of hydrogen-bond acceptors (Lipinski definition) is 4. The Morgan fingerprint density at radius 1 is 1.55 bits per heavy atom. The van der Waals surface area contributed by atoms with Gasteiger partial charge in [0.2, 0.25) is 0 Å². The highest BCUT2D eigenvalue weighted by Crippen LogP contribution is 2.16. The Hall–Kier alpha value is -2.31. The molecule has 4 N–H and O–H groups in total. The Morgan fingerprint density at radius 3 is 3.00 bits per heavy atom. The van der Waals surface area contributed by atoms with Gasteiger partial charge in [-0.3, -0.25) is 9.48 Å². The van der Waals surface area contributed by atoms with Gasteiger partial charge in [0.05, 0.1) is 11.4 Å². The van der Waals surface area contributed by atoms with Crippen LogP contribution in [0.3, 0.4) is 0 Å².